The predicted octanol–water partition coefficient (Wildman–Crippen LogP) is 3.27. The van der Waals surface area contributed by atoms with Crippen molar-refractivity contribution in [3.63, 3.8) is 0 Å². The smallest absolute Gasteiger partial charge is 0.221 e. The van der Waals surface area contributed by atoms with Gasteiger partial charge in [-0.1, -0.05) is 12.1 Å². The molecule has 0 spiro atoms. The maximum Gasteiger partial charge on any atom is 0.221 e. The molecular formula is C18H24N4OS. The Morgan fingerprint density at radius 1 is 1.21 bits per heavy atom. The van der Waals surface area contributed by atoms with E-state index >= 15 is 0 Å². The van der Waals surface area contributed by atoms with Crippen molar-refractivity contribution in [3.8, 4) is 0 Å². The van der Waals surface area contributed by atoms with Crippen LogP contribution in [0.25, 0.3) is 0 Å². The number of rotatable bonds is 6. The SMILES string of the molecule is CCNC(=NCc1cccc(NC(C)=O)c1)NCc1ccc(C)s1. The molecule has 0 radical (unpaired) electrons. The number of aliphatic imine (C=N–C) groups is 1. The molecule has 3 N–H and O–H groups in total. The molecule has 0 aliphatic rings. The van der Waals surface area contributed by atoms with Gasteiger partial charge in [-0.15, -0.1) is 11.3 Å². The molecule has 0 aliphatic carbocycles. The fraction of sp³-hybridized carbons (Fsp3) is 0.333. The average molecular weight is 344 g/mol. The Morgan fingerprint density at radius 3 is 2.71 bits per heavy atom. The van der Waals surface area contributed by atoms with E-state index in [1.54, 1.807) is 11.3 Å². The topological polar surface area (TPSA) is 65.5 Å². The Bertz CT molecular complexity index is 709. The number of anilines is 1. The van der Waals surface area contributed by atoms with E-state index in [0.717, 1.165) is 30.3 Å². The lowest BCUT2D eigenvalue weighted by Crippen LogP contribution is -2.36. The van der Waals surface area contributed by atoms with Crippen LogP contribution >= 0.6 is 11.3 Å². The molecule has 0 atom stereocenters. The Hall–Kier alpha value is -2.34. The minimum absolute atomic E-state index is 0.0723. The van der Waals surface area contributed by atoms with Crippen LogP contribution in [0.1, 0.15) is 29.2 Å². The van der Waals surface area contributed by atoms with E-state index in [1.165, 1.54) is 16.7 Å². The van der Waals surface area contributed by atoms with Crippen molar-refractivity contribution in [2.75, 3.05) is 11.9 Å². The third-order valence-electron chi connectivity index (χ3n) is 3.24. The molecule has 6 heteroatoms. The van der Waals surface area contributed by atoms with Gasteiger partial charge in [-0.05, 0) is 43.7 Å². The first kappa shape index (κ1) is 18.0. The maximum atomic E-state index is 11.1. The first-order valence-electron chi connectivity index (χ1n) is 8.01. The van der Waals surface area contributed by atoms with Crippen LogP contribution < -0.4 is 16.0 Å². The van der Waals surface area contributed by atoms with Crippen molar-refractivity contribution in [3.05, 3.63) is 51.7 Å². The van der Waals surface area contributed by atoms with Gasteiger partial charge in [-0.2, -0.15) is 0 Å². The minimum Gasteiger partial charge on any atom is -0.357 e. The van der Waals surface area contributed by atoms with Gasteiger partial charge in [0.05, 0.1) is 13.1 Å². The van der Waals surface area contributed by atoms with E-state index < -0.39 is 0 Å². The van der Waals surface area contributed by atoms with Gasteiger partial charge < -0.3 is 16.0 Å². The van der Waals surface area contributed by atoms with Crippen LogP contribution in [0.3, 0.4) is 0 Å². The maximum absolute atomic E-state index is 11.1. The summed E-state index contributed by atoms with van der Waals surface area (Å²) in [7, 11) is 0. The molecule has 0 aliphatic heterocycles. The lowest BCUT2D eigenvalue weighted by molar-refractivity contribution is -0.114. The predicted molar refractivity (Wildman–Crippen MR) is 101 cm³/mol. The fourth-order valence-corrected chi connectivity index (χ4v) is 3.04. The van der Waals surface area contributed by atoms with E-state index in [4.69, 9.17) is 0 Å². The van der Waals surface area contributed by atoms with Crippen LogP contribution in [0.15, 0.2) is 41.4 Å². The lowest BCUT2D eigenvalue weighted by atomic mass is 10.2. The number of carbonyl (C=O) groups excluding carboxylic acids is 1. The molecule has 5 nitrogen and oxygen atoms in total. The van der Waals surface area contributed by atoms with Crippen LogP contribution in [0.5, 0.6) is 0 Å². The highest BCUT2D eigenvalue weighted by Gasteiger charge is 2.02. The summed E-state index contributed by atoms with van der Waals surface area (Å²) in [6, 6.07) is 12.0. The van der Waals surface area contributed by atoms with Gasteiger partial charge in [-0.3, -0.25) is 4.79 Å². The number of hydrogen-bond acceptors (Lipinski definition) is 3. The van der Waals surface area contributed by atoms with E-state index in [-0.39, 0.29) is 5.91 Å². The highest BCUT2D eigenvalue weighted by Crippen LogP contribution is 2.14. The van der Waals surface area contributed by atoms with Gasteiger partial charge in [0.15, 0.2) is 5.96 Å². The highest BCUT2D eigenvalue weighted by molar-refractivity contribution is 7.11. The van der Waals surface area contributed by atoms with Crippen molar-refractivity contribution in [1.82, 2.24) is 10.6 Å². The molecule has 24 heavy (non-hydrogen) atoms. The largest absolute Gasteiger partial charge is 0.357 e. The Kier molecular flexibility index (Phi) is 6.81. The van der Waals surface area contributed by atoms with Gasteiger partial charge >= 0.3 is 0 Å². The normalized spacial score (nSPS) is 11.2. The third-order valence-corrected chi connectivity index (χ3v) is 4.24. The third kappa shape index (κ3) is 6.04. The average Bonchev–Trinajstić information content (AvgIpc) is 2.95. The first-order chi connectivity index (χ1) is 11.6. The fourth-order valence-electron chi connectivity index (χ4n) is 2.21. The second kappa shape index (κ2) is 9.08. The van der Waals surface area contributed by atoms with E-state index in [0.29, 0.717) is 6.54 Å². The molecule has 0 bridgehead atoms. The van der Waals surface area contributed by atoms with E-state index in [1.807, 2.05) is 31.2 Å². The minimum atomic E-state index is -0.0723. The summed E-state index contributed by atoms with van der Waals surface area (Å²) < 4.78 is 0. The van der Waals surface area contributed by atoms with Gasteiger partial charge in [0.2, 0.25) is 5.91 Å². The number of nitrogens with one attached hydrogen (secondary N) is 3. The summed E-state index contributed by atoms with van der Waals surface area (Å²) in [6.45, 7) is 7.77. The van der Waals surface area contributed by atoms with Crippen molar-refractivity contribution < 1.29 is 4.79 Å². The molecule has 1 heterocycles. The number of carbonyl (C=O) groups is 1. The van der Waals surface area contributed by atoms with Crippen molar-refractivity contribution in [2.24, 2.45) is 4.99 Å². The summed E-state index contributed by atoms with van der Waals surface area (Å²) >= 11 is 1.78. The summed E-state index contributed by atoms with van der Waals surface area (Å²) in [5.41, 5.74) is 1.84. The zero-order valence-electron chi connectivity index (χ0n) is 14.3. The number of aryl methyl sites for hydroxylation is 1. The number of thiophene rings is 1. The van der Waals surface area contributed by atoms with Crippen molar-refractivity contribution in [1.29, 1.82) is 0 Å². The number of hydrogen-bond donors (Lipinski definition) is 3. The first-order valence-corrected chi connectivity index (χ1v) is 8.82. The molecule has 0 fully saturated rings. The molecule has 1 aromatic carbocycles. The van der Waals surface area contributed by atoms with Crippen LogP contribution in [-0.4, -0.2) is 18.4 Å². The van der Waals surface area contributed by atoms with Crippen molar-refractivity contribution >= 4 is 28.9 Å². The second-order valence-electron chi connectivity index (χ2n) is 5.44. The molecule has 2 aromatic rings. The summed E-state index contributed by atoms with van der Waals surface area (Å²) in [5, 5.41) is 9.39. The zero-order valence-corrected chi connectivity index (χ0v) is 15.2. The van der Waals surface area contributed by atoms with Crippen molar-refractivity contribution in [2.45, 2.75) is 33.9 Å². The highest BCUT2D eigenvalue weighted by atomic mass is 32.1. The zero-order chi connectivity index (χ0) is 17.4. The molecule has 1 amide bonds. The summed E-state index contributed by atoms with van der Waals surface area (Å²) in [6.07, 6.45) is 0. The molecule has 0 saturated heterocycles. The Morgan fingerprint density at radius 2 is 2.04 bits per heavy atom. The Balaban J connectivity index is 1.98. The van der Waals surface area contributed by atoms with Crippen LogP contribution in [0.2, 0.25) is 0 Å². The monoisotopic (exact) mass is 344 g/mol. The number of nitrogens with zero attached hydrogens (tertiary/aromatic N) is 1. The molecule has 128 valence electrons. The van der Waals surface area contributed by atoms with Gasteiger partial charge in [0.25, 0.3) is 0 Å². The summed E-state index contributed by atoms with van der Waals surface area (Å²) in [4.78, 5) is 18.3. The number of benzene rings is 1. The van der Waals surface area contributed by atoms with Crippen LogP contribution in [-0.2, 0) is 17.9 Å². The van der Waals surface area contributed by atoms with Crippen LogP contribution in [0, 0.1) is 6.92 Å². The molecule has 1 aromatic heterocycles. The summed E-state index contributed by atoms with van der Waals surface area (Å²) in [5.74, 6) is 0.713. The molecular weight excluding hydrogens is 320 g/mol. The number of guanidine groups is 1. The van der Waals surface area contributed by atoms with Gasteiger partial charge in [0.1, 0.15) is 0 Å². The van der Waals surface area contributed by atoms with E-state index in [2.05, 4.69) is 40.0 Å². The lowest BCUT2D eigenvalue weighted by Gasteiger charge is -2.11. The van der Waals surface area contributed by atoms with Gasteiger partial charge in [-0.25, -0.2) is 4.99 Å². The second-order valence-corrected chi connectivity index (χ2v) is 6.82. The van der Waals surface area contributed by atoms with Gasteiger partial charge in [0, 0.05) is 28.9 Å². The quantitative estimate of drug-likeness (QED) is 0.557. The van der Waals surface area contributed by atoms with Crippen LogP contribution in [0.4, 0.5) is 5.69 Å². The standard InChI is InChI=1S/C18H24N4OS/c1-4-19-18(21-12-17-9-8-13(2)24-17)20-11-15-6-5-7-16(10-15)22-14(3)23/h5-10H,4,11-12H2,1-3H3,(H,22,23)(H2,19,20,21). The molecule has 0 saturated carbocycles. The Labute approximate surface area is 147 Å². The molecule has 0 unspecified atom stereocenters. The van der Waals surface area contributed by atoms with E-state index in [9.17, 15) is 4.79 Å². The number of amides is 1. The molecule has 2 rings (SSSR count).